The van der Waals surface area contributed by atoms with Crippen LogP contribution in [0.25, 0.3) is 0 Å². The molecule has 3 heteroatoms. The predicted molar refractivity (Wildman–Crippen MR) is 80.0 cm³/mol. The van der Waals surface area contributed by atoms with E-state index in [1.165, 1.54) is 5.56 Å². The highest BCUT2D eigenvalue weighted by molar-refractivity contribution is 5.96. The number of carbonyl (C=O) groups is 2. The molecule has 1 aromatic carbocycles. The molecule has 0 aliphatic carbocycles. The molecule has 0 fully saturated rings. The molecule has 1 aromatic rings. The molecule has 3 nitrogen and oxygen atoms in total. The van der Waals surface area contributed by atoms with Crippen LogP contribution in [0.3, 0.4) is 0 Å². The standard InChI is InChI=1S/C17H24O3/c1-5-20-16(19)8-6-7-15(18)13-9-11-14(12-10-13)17(2,3)4/h9-12H,5-8H2,1-4H3. The summed E-state index contributed by atoms with van der Waals surface area (Å²) in [7, 11) is 0. The zero-order chi connectivity index (χ0) is 15.2. The minimum absolute atomic E-state index is 0.0785. The quantitative estimate of drug-likeness (QED) is 0.584. The second-order valence-corrected chi connectivity index (χ2v) is 5.91. The van der Waals surface area contributed by atoms with Crippen molar-refractivity contribution in [3.8, 4) is 0 Å². The predicted octanol–water partition coefficient (Wildman–Crippen LogP) is 3.90. The van der Waals surface area contributed by atoms with E-state index in [-0.39, 0.29) is 17.2 Å². The molecule has 0 spiro atoms. The third-order valence-corrected chi connectivity index (χ3v) is 3.16. The number of benzene rings is 1. The van der Waals surface area contributed by atoms with E-state index in [0.717, 1.165) is 0 Å². The molecule has 0 aliphatic heterocycles. The molecular weight excluding hydrogens is 252 g/mol. The SMILES string of the molecule is CCOC(=O)CCCC(=O)c1ccc(C(C)(C)C)cc1. The van der Waals surface area contributed by atoms with E-state index < -0.39 is 0 Å². The minimum Gasteiger partial charge on any atom is -0.466 e. The van der Waals surface area contributed by atoms with Crippen molar-refractivity contribution < 1.29 is 14.3 Å². The summed E-state index contributed by atoms with van der Waals surface area (Å²) in [4.78, 5) is 23.2. The number of hydrogen-bond donors (Lipinski definition) is 0. The second kappa shape index (κ2) is 7.22. The van der Waals surface area contributed by atoms with Crippen molar-refractivity contribution in [2.45, 2.75) is 52.4 Å². The normalized spacial score (nSPS) is 11.2. The van der Waals surface area contributed by atoms with E-state index in [1.54, 1.807) is 6.92 Å². The average molecular weight is 276 g/mol. The Labute approximate surface area is 121 Å². The number of hydrogen-bond acceptors (Lipinski definition) is 3. The minimum atomic E-state index is -0.233. The smallest absolute Gasteiger partial charge is 0.305 e. The van der Waals surface area contributed by atoms with Crippen LogP contribution in [0, 0.1) is 0 Å². The Kier molecular flexibility index (Phi) is 5.93. The summed E-state index contributed by atoms with van der Waals surface area (Å²) >= 11 is 0. The van der Waals surface area contributed by atoms with Crippen molar-refractivity contribution in [3.05, 3.63) is 35.4 Å². The maximum atomic E-state index is 12.0. The van der Waals surface area contributed by atoms with E-state index >= 15 is 0 Å². The van der Waals surface area contributed by atoms with Gasteiger partial charge in [-0.1, -0.05) is 45.0 Å². The van der Waals surface area contributed by atoms with E-state index in [4.69, 9.17) is 4.74 Å². The molecule has 0 unspecified atom stereocenters. The van der Waals surface area contributed by atoms with Gasteiger partial charge in [-0.05, 0) is 24.3 Å². The third-order valence-electron chi connectivity index (χ3n) is 3.16. The van der Waals surface area contributed by atoms with Crippen LogP contribution in [-0.4, -0.2) is 18.4 Å². The number of ketones is 1. The number of rotatable bonds is 6. The Morgan fingerprint density at radius 2 is 1.65 bits per heavy atom. The summed E-state index contributed by atoms with van der Waals surface area (Å²) in [5, 5.41) is 0. The molecule has 0 aliphatic rings. The van der Waals surface area contributed by atoms with Gasteiger partial charge in [0.05, 0.1) is 6.61 Å². The summed E-state index contributed by atoms with van der Waals surface area (Å²) in [6.45, 7) is 8.59. The summed E-state index contributed by atoms with van der Waals surface area (Å²) < 4.78 is 4.83. The van der Waals surface area contributed by atoms with Crippen LogP contribution in [0.2, 0.25) is 0 Å². The highest BCUT2D eigenvalue weighted by Crippen LogP contribution is 2.22. The number of esters is 1. The maximum Gasteiger partial charge on any atom is 0.305 e. The molecule has 0 saturated carbocycles. The van der Waals surface area contributed by atoms with E-state index in [1.807, 2.05) is 24.3 Å². The van der Waals surface area contributed by atoms with Crippen LogP contribution in [0.4, 0.5) is 0 Å². The lowest BCUT2D eigenvalue weighted by atomic mass is 9.86. The van der Waals surface area contributed by atoms with Gasteiger partial charge in [-0.3, -0.25) is 9.59 Å². The lowest BCUT2D eigenvalue weighted by molar-refractivity contribution is -0.143. The zero-order valence-corrected chi connectivity index (χ0v) is 12.9. The molecule has 0 heterocycles. The molecule has 110 valence electrons. The molecule has 0 aromatic heterocycles. The van der Waals surface area contributed by atoms with Crippen molar-refractivity contribution >= 4 is 11.8 Å². The number of Topliss-reactive ketones (excluding diaryl/α,β-unsaturated/α-hetero) is 1. The Hall–Kier alpha value is -1.64. The van der Waals surface area contributed by atoms with Gasteiger partial charge in [-0.2, -0.15) is 0 Å². The van der Waals surface area contributed by atoms with Crippen LogP contribution < -0.4 is 0 Å². The molecule has 0 radical (unpaired) electrons. The molecule has 0 saturated heterocycles. The third kappa shape index (κ3) is 5.16. The van der Waals surface area contributed by atoms with Crippen LogP contribution in [0.5, 0.6) is 0 Å². The lowest BCUT2D eigenvalue weighted by Crippen LogP contribution is -2.11. The van der Waals surface area contributed by atoms with Gasteiger partial charge in [0.2, 0.25) is 0 Å². The van der Waals surface area contributed by atoms with Gasteiger partial charge in [-0.25, -0.2) is 0 Å². The number of carbonyl (C=O) groups excluding carboxylic acids is 2. The van der Waals surface area contributed by atoms with Crippen molar-refractivity contribution in [2.24, 2.45) is 0 Å². The molecule has 0 bridgehead atoms. The lowest BCUT2D eigenvalue weighted by Gasteiger charge is -2.18. The van der Waals surface area contributed by atoms with Gasteiger partial charge in [0, 0.05) is 18.4 Å². The monoisotopic (exact) mass is 276 g/mol. The van der Waals surface area contributed by atoms with Crippen molar-refractivity contribution in [3.63, 3.8) is 0 Å². The fraction of sp³-hybridized carbons (Fsp3) is 0.529. The van der Waals surface area contributed by atoms with Crippen molar-refractivity contribution in [2.75, 3.05) is 6.61 Å². The topological polar surface area (TPSA) is 43.4 Å². The molecule has 0 N–H and O–H groups in total. The Morgan fingerprint density at radius 1 is 1.05 bits per heavy atom. The van der Waals surface area contributed by atoms with Crippen LogP contribution >= 0.6 is 0 Å². The molecule has 20 heavy (non-hydrogen) atoms. The van der Waals surface area contributed by atoms with Gasteiger partial charge in [0.15, 0.2) is 5.78 Å². The molecule has 1 rings (SSSR count). The fourth-order valence-corrected chi connectivity index (χ4v) is 1.93. The first-order chi connectivity index (χ1) is 9.34. The van der Waals surface area contributed by atoms with Crippen LogP contribution in [0.15, 0.2) is 24.3 Å². The highest BCUT2D eigenvalue weighted by Gasteiger charge is 2.14. The molecular formula is C17H24O3. The number of ether oxygens (including phenoxy) is 1. The van der Waals surface area contributed by atoms with Gasteiger partial charge in [0.25, 0.3) is 0 Å². The molecule has 0 amide bonds. The fourth-order valence-electron chi connectivity index (χ4n) is 1.93. The van der Waals surface area contributed by atoms with Gasteiger partial charge in [-0.15, -0.1) is 0 Å². The van der Waals surface area contributed by atoms with Gasteiger partial charge >= 0.3 is 5.97 Å². The second-order valence-electron chi connectivity index (χ2n) is 5.91. The van der Waals surface area contributed by atoms with E-state index in [2.05, 4.69) is 20.8 Å². The average Bonchev–Trinajstić information content (AvgIpc) is 2.38. The zero-order valence-electron chi connectivity index (χ0n) is 12.9. The largest absolute Gasteiger partial charge is 0.466 e. The first-order valence-corrected chi connectivity index (χ1v) is 7.14. The van der Waals surface area contributed by atoms with Crippen molar-refractivity contribution in [1.82, 2.24) is 0 Å². The first kappa shape index (κ1) is 16.4. The maximum absolute atomic E-state index is 12.0. The summed E-state index contributed by atoms with van der Waals surface area (Å²) in [5.41, 5.74) is 2.01. The Balaban J connectivity index is 2.50. The Morgan fingerprint density at radius 3 is 2.15 bits per heavy atom. The van der Waals surface area contributed by atoms with E-state index in [9.17, 15) is 9.59 Å². The first-order valence-electron chi connectivity index (χ1n) is 7.14. The summed E-state index contributed by atoms with van der Waals surface area (Å²) in [6, 6.07) is 7.73. The van der Waals surface area contributed by atoms with Crippen LogP contribution in [-0.2, 0) is 14.9 Å². The van der Waals surface area contributed by atoms with Gasteiger partial charge < -0.3 is 4.74 Å². The van der Waals surface area contributed by atoms with Crippen LogP contribution in [0.1, 0.15) is 62.9 Å². The van der Waals surface area contributed by atoms with Crippen molar-refractivity contribution in [1.29, 1.82) is 0 Å². The summed E-state index contributed by atoms with van der Waals surface area (Å²) in [5.74, 6) is -0.155. The van der Waals surface area contributed by atoms with E-state index in [0.29, 0.717) is 31.4 Å². The molecule has 0 atom stereocenters. The Bertz CT molecular complexity index is 452. The van der Waals surface area contributed by atoms with Gasteiger partial charge in [0.1, 0.15) is 0 Å². The highest BCUT2D eigenvalue weighted by atomic mass is 16.5. The summed E-state index contributed by atoms with van der Waals surface area (Å²) in [6.07, 6.45) is 1.23.